The van der Waals surface area contributed by atoms with Crippen LogP contribution in [0, 0.1) is 35.0 Å². The van der Waals surface area contributed by atoms with E-state index in [4.69, 9.17) is 0 Å². The molecule has 4 aliphatic rings. The second kappa shape index (κ2) is 5.23. The zero-order valence-electron chi connectivity index (χ0n) is 14.5. The Morgan fingerprint density at radius 3 is 2.86 bits per heavy atom. The summed E-state index contributed by atoms with van der Waals surface area (Å²) in [6.07, 6.45) is 13.5. The summed E-state index contributed by atoms with van der Waals surface area (Å²) in [6.45, 7) is 7.51. The molecule has 0 aromatic carbocycles. The molecule has 1 heteroatoms. The zero-order chi connectivity index (χ0) is 15.5. The van der Waals surface area contributed by atoms with Crippen molar-refractivity contribution in [2.45, 2.75) is 71.8 Å². The highest BCUT2D eigenvalue weighted by Crippen LogP contribution is 2.64. The van der Waals surface area contributed by atoms with Gasteiger partial charge < -0.3 is 5.11 Å². The third kappa shape index (κ3) is 2.00. The van der Waals surface area contributed by atoms with E-state index in [0.717, 1.165) is 36.0 Å². The van der Waals surface area contributed by atoms with Crippen LogP contribution in [0.3, 0.4) is 0 Å². The highest BCUT2D eigenvalue weighted by atomic mass is 16.3. The van der Waals surface area contributed by atoms with Gasteiger partial charge in [0.05, 0.1) is 6.10 Å². The van der Waals surface area contributed by atoms with E-state index < -0.39 is 0 Å². The molecule has 4 rings (SSSR count). The zero-order valence-corrected chi connectivity index (χ0v) is 14.5. The Morgan fingerprint density at radius 1 is 1.27 bits per heavy atom. The Kier molecular flexibility index (Phi) is 3.56. The van der Waals surface area contributed by atoms with Crippen molar-refractivity contribution in [2.24, 2.45) is 35.0 Å². The number of aliphatic hydroxyl groups is 1. The third-order valence-corrected chi connectivity index (χ3v) is 7.96. The summed E-state index contributed by atoms with van der Waals surface area (Å²) in [4.78, 5) is 0. The first-order valence-corrected chi connectivity index (χ1v) is 9.63. The fraction of sp³-hybridized carbons (Fsp3) is 0.810. The predicted molar refractivity (Wildman–Crippen MR) is 91.4 cm³/mol. The second-order valence-electron chi connectivity index (χ2n) is 8.85. The van der Waals surface area contributed by atoms with Crippen molar-refractivity contribution in [3.05, 3.63) is 23.3 Å². The van der Waals surface area contributed by atoms with E-state index >= 15 is 0 Å². The van der Waals surface area contributed by atoms with Crippen LogP contribution in [0.15, 0.2) is 23.3 Å². The van der Waals surface area contributed by atoms with Crippen molar-refractivity contribution in [1.29, 1.82) is 0 Å². The summed E-state index contributed by atoms with van der Waals surface area (Å²) in [6, 6.07) is 0. The van der Waals surface area contributed by atoms with Gasteiger partial charge in [-0.3, -0.25) is 0 Å². The van der Waals surface area contributed by atoms with E-state index in [2.05, 4.69) is 32.9 Å². The van der Waals surface area contributed by atoms with E-state index in [1.165, 1.54) is 44.1 Å². The number of rotatable bonds is 1. The number of allylic oxidation sites excluding steroid dienone is 2. The molecule has 0 spiro atoms. The summed E-state index contributed by atoms with van der Waals surface area (Å²) >= 11 is 0. The van der Waals surface area contributed by atoms with Crippen molar-refractivity contribution in [3.8, 4) is 0 Å². The van der Waals surface area contributed by atoms with Crippen LogP contribution in [0.2, 0.25) is 0 Å². The van der Waals surface area contributed by atoms with Crippen LogP contribution in [0.1, 0.15) is 65.7 Å². The van der Waals surface area contributed by atoms with Crippen LogP contribution >= 0.6 is 0 Å². The van der Waals surface area contributed by atoms with Crippen molar-refractivity contribution in [2.75, 3.05) is 0 Å². The smallest absolute Gasteiger partial charge is 0.0761 e. The number of hydrogen-bond donors (Lipinski definition) is 1. The quantitative estimate of drug-likeness (QED) is 0.713. The van der Waals surface area contributed by atoms with Gasteiger partial charge in [-0.05, 0) is 84.7 Å². The number of fused-ring (bicyclic) bond motifs is 5. The second-order valence-corrected chi connectivity index (χ2v) is 8.85. The molecule has 1 nitrogen and oxygen atoms in total. The Hall–Kier alpha value is -0.560. The minimum atomic E-state index is -0.229. The topological polar surface area (TPSA) is 20.2 Å². The minimum Gasteiger partial charge on any atom is -0.389 e. The Morgan fingerprint density at radius 2 is 2.09 bits per heavy atom. The van der Waals surface area contributed by atoms with Crippen LogP contribution in [-0.2, 0) is 0 Å². The predicted octanol–water partition coefficient (Wildman–Crippen LogP) is 5.11. The van der Waals surface area contributed by atoms with E-state index in [0.29, 0.717) is 5.41 Å². The van der Waals surface area contributed by atoms with Crippen LogP contribution in [-0.4, -0.2) is 11.2 Å². The molecule has 0 aromatic rings. The van der Waals surface area contributed by atoms with Gasteiger partial charge in [0, 0.05) is 0 Å². The molecule has 0 heterocycles. The van der Waals surface area contributed by atoms with Crippen molar-refractivity contribution >= 4 is 0 Å². The normalized spacial score (nSPS) is 50.5. The lowest BCUT2D eigenvalue weighted by Crippen LogP contribution is -2.46. The monoisotopic (exact) mass is 300 g/mol. The Bertz CT molecular complexity index is 516. The van der Waals surface area contributed by atoms with Crippen LogP contribution in [0.4, 0.5) is 0 Å². The van der Waals surface area contributed by atoms with Crippen molar-refractivity contribution in [1.82, 2.24) is 0 Å². The molecule has 3 saturated carbocycles. The average Bonchev–Trinajstić information content (AvgIpc) is 2.83. The average molecular weight is 300 g/mol. The minimum absolute atomic E-state index is 0.229. The lowest BCUT2D eigenvalue weighted by Gasteiger charge is -2.54. The SMILES string of the molecule is CC[C@H]1CCC2C3C(CCC21C)C1=CCC(O)C=C1C[C@@H]3C. The molecular weight excluding hydrogens is 268 g/mol. The molecule has 0 amide bonds. The van der Waals surface area contributed by atoms with Gasteiger partial charge in [-0.1, -0.05) is 39.3 Å². The lowest BCUT2D eigenvalue weighted by atomic mass is 9.50. The van der Waals surface area contributed by atoms with E-state index in [9.17, 15) is 5.11 Å². The molecular formula is C21H32O. The summed E-state index contributed by atoms with van der Waals surface area (Å²) in [5, 5.41) is 9.97. The maximum Gasteiger partial charge on any atom is 0.0761 e. The van der Waals surface area contributed by atoms with Crippen molar-refractivity contribution < 1.29 is 5.11 Å². The Balaban J connectivity index is 1.68. The first-order chi connectivity index (χ1) is 10.5. The number of hydrogen-bond acceptors (Lipinski definition) is 1. The first kappa shape index (κ1) is 15.0. The molecule has 5 unspecified atom stereocenters. The highest BCUT2D eigenvalue weighted by Gasteiger charge is 2.56. The Labute approximate surface area is 135 Å². The van der Waals surface area contributed by atoms with Crippen LogP contribution < -0.4 is 0 Å². The largest absolute Gasteiger partial charge is 0.389 e. The van der Waals surface area contributed by atoms with Gasteiger partial charge in [0.15, 0.2) is 0 Å². The molecule has 0 bridgehead atoms. The van der Waals surface area contributed by atoms with Crippen molar-refractivity contribution in [3.63, 3.8) is 0 Å². The molecule has 7 atom stereocenters. The molecule has 0 aromatic heterocycles. The summed E-state index contributed by atoms with van der Waals surface area (Å²) in [5.74, 6) is 4.38. The van der Waals surface area contributed by atoms with Gasteiger partial charge >= 0.3 is 0 Å². The highest BCUT2D eigenvalue weighted by molar-refractivity contribution is 5.41. The van der Waals surface area contributed by atoms with Gasteiger partial charge in [-0.15, -0.1) is 0 Å². The van der Waals surface area contributed by atoms with Gasteiger partial charge in [-0.2, -0.15) is 0 Å². The summed E-state index contributed by atoms with van der Waals surface area (Å²) in [7, 11) is 0. The standard InChI is InChI=1S/C21H32O/c1-4-15-5-8-19-20-13(2)11-14-12-16(22)6-7-17(14)18(20)9-10-21(15,19)3/h7,12-13,15-16,18-20,22H,4-6,8-11H2,1-3H3/t13-,15-,16?,18?,19?,20?,21?/m0/s1. The lowest BCUT2D eigenvalue weighted by molar-refractivity contribution is -0.00947. The van der Waals surface area contributed by atoms with E-state index in [1.54, 1.807) is 5.57 Å². The van der Waals surface area contributed by atoms with E-state index in [-0.39, 0.29) is 6.10 Å². The van der Waals surface area contributed by atoms with Gasteiger partial charge in [0.25, 0.3) is 0 Å². The molecule has 1 N–H and O–H groups in total. The fourth-order valence-electron chi connectivity index (χ4n) is 6.96. The molecule has 0 radical (unpaired) electrons. The fourth-order valence-corrected chi connectivity index (χ4v) is 6.96. The molecule has 0 aliphatic heterocycles. The molecule has 22 heavy (non-hydrogen) atoms. The third-order valence-electron chi connectivity index (χ3n) is 7.96. The van der Waals surface area contributed by atoms with Crippen LogP contribution in [0.5, 0.6) is 0 Å². The van der Waals surface area contributed by atoms with Crippen LogP contribution in [0.25, 0.3) is 0 Å². The maximum atomic E-state index is 9.97. The molecule has 4 aliphatic carbocycles. The molecule has 3 fully saturated rings. The molecule has 122 valence electrons. The van der Waals surface area contributed by atoms with Gasteiger partial charge in [0.2, 0.25) is 0 Å². The summed E-state index contributed by atoms with van der Waals surface area (Å²) in [5.41, 5.74) is 3.73. The van der Waals surface area contributed by atoms with Gasteiger partial charge in [0.1, 0.15) is 0 Å². The van der Waals surface area contributed by atoms with E-state index in [1.807, 2.05) is 0 Å². The number of aliphatic hydroxyl groups excluding tert-OH is 1. The maximum absolute atomic E-state index is 9.97. The summed E-state index contributed by atoms with van der Waals surface area (Å²) < 4.78 is 0. The van der Waals surface area contributed by atoms with Gasteiger partial charge in [-0.25, -0.2) is 0 Å². The first-order valence-electron chi connectivity index (χ1n) is 9.63. The molecule has 0 saturated heterocycles.